The van der Waals surface area contributed by atoms with Crippen LogP contribution in [0.3, 0.4) is 0 Å². The standard InChI is InChI=1S/C16H20ClN3O2/c1-19-14-6-5-12(20(8-7-17)9-10-20)11-13(14)18-15(19)3-2-4-16(21)22/h5-6,11H,2-4,7-10H2,1H3/p+1. The van der Waals surface area contributed by atoms with E-state index in [0.29, 0.717) is 18.7 Å². The summed E-state index contributed by atoms with van der Waals surface area (Å²) in [6, 6.07) is 6.45. The first-order valence-electron chi connectivity index (χ1n) is 7.65. The highest BCUT2D eigenvalue weighted by Crippen LogP contribution is 2.34. The number of hydrogen-bond donors (Lipinski definition) is 1. The Labute approximate surface area is 134 Å². The number of halogens is 1. The van der Waals surface area contributed by atoms with Crippen LogP contribution in [0.2, 0.25) is 0 Å². The number of carboxylic acid groups (broad SMARTS) is 1. The Morgan fingerprint density at radius 1 is 1.45 bits per heavy atom. The van der Waals surface area contributed by atoms with Crippen LogP contribution in [0, 0.1) is 0 Å². The van der Waals surface area contributed by atoms with Gasteiger partial charge < -0.3 is 9.67 Å². The fourth-order valence-electron chi connectivity index (χ4n) is 3.05. The Morgan fingerprint density at radius 3 is 2.86 bits per heavy atom. The Balaban J connectivity index is 1.85. The van der Waals surface area contributed by atoms with Crippen LogP contribution in [-0.2, 0) is 18.3 Å². The van der Waals surface area contributed by atoms with Crippen LogP contribution in [0.25, 0.3) is 11.0 Å². The average molecular weight is 323 g/mol. The van der Waals surface area contributed by atoms with Gasteiger partial charge in [-0.05, 0) is 12.5 Å². The molecular formula is C16H21ClN3O2+. The molecule has 0 amide bonds. The van der Waals surface area contributed by atoms with Crippen LogP contribution in [0.1, 0.15) is 18.7 Å². The SMILES string of the molecule is Cn1c(CCCC(=O)O)nc2cc([N+]3(CCCl)CC3)ccc21. The molecule has 0 bridgehead atoms. The van der Waals surface area contributed by atoms with Crippen molar-refractivity contribution in [3.8, 4) is 0 Å². The minimum atomic E-state index is -0.755. The highest BCUT2D eigenvalue weighted by Gasteiger charge is 2.43. The Kier molecular flexibility index (Phi) is 4.10. The number of quaternary nitrogens is 1. The lowest BCUT2D eigenvalue weighted by molar-refractivity contribution is -0.137. The predicted octanol–water partition coefficient (Wildman–Crippen LogP) is 2.54. The summed E-state index contributed by atoms with van der Waals surface area (Å²) in [4.78, 5) is 15.3. The Hall–Kier alpha value is -1.59. The molecule has 1 N–H and O–H groups in total. The van der Waals surface area contributed by atoms with E-state index < -0.39 is 5.97 Å². The maximum Gasteiger partial charge on any atom is 0.303 e. The van der Waals surface area contributed by atoms with Crippen molar-refractivity contribution in [2.75, 3.05) is 25.5 Å². The molecule has 118 valence electrons. The number of rotatable bonds is 7. The first-order chi connectivity index (χ1) is 10.6. The zero-order valence-electron chi connectivity index (χ0n) is 12.8. The molecule has 0 spiro atoms. The van der Waals surface area contributed by atoms with E-state index >= 15 is 0 Å². The van der Waals surface area contributed by atoms with Gasteiger partial charge in [0, 0.05) is 32.0 Å². The lowest BCUT2D eigenvalue weighted by Gasteiger charge is -2.16. The zero-order valence-corrected chi connectivity index (χ0v) is 13.5. The van der Waals surface area contributed by atoms with Gasteiger partial charge in [0.05, 0.1) is 23.5 Å². The molecule has 0 unspecified atom stereocenters. The summed E-state index contributed by atoms with van der Waals surface area (Å²) < 4.78 is 3.03. The fraction of sp³-hybridized carbons (Fsp3) is 0.500. The molecule has 1 fully saturated rings. The highest BCUT2D eigenvalue weighted by molar-refractivity contribution is 6.18. The largest absolute Gasteiger partial charge is 0.481 e. The van der Waals surface area contributed by atoms with Gasteiger partial charge in [-0.2, -0.15) is 0 Å². The molecule has 1 aliphatic rings. The van der Waals surface area contributed by atoms with Crippen molar-refractivity contribution in [1.29, 1.82) is 0 Å². The first kappa shape index (κ1) is 15.3. The van der Waals surface area contributed by atoms with Crippen molar-refractivity contribution in [3.05, 3.63) is 24.0 Å². The van der Waals surface area contributed by atoms with Crippen LogP contribution in [0.15, 0.2) is 18.2 Å². The highest BCUT2D eigenvalue weighted by atomic mass is 35.5. The molecule has 6 heteroatoms. The number of benzene rings is 1. The third-order valence-corrected chi connectivity index (χ3v) is 4.74. The van der Waals surface area contributed by atoms with Crippen molar-refractivity contribution in [1.82, 2.24) is 14.0 Å². The summed E-state index contributed by atoms with van der Waals surface area (Å²) in [5, 5.41) is 8.74. The fourth-order valence-corrected chi connectivity index (χ4v) is 3.37. The molecule has 0 aliphatic carbocycles. The number of hydrogen-bond acceptors (Lipinski definition) is 2. The van der Waals surface area contributed by atoms with E-state index in [2.05, 4.69) is 22.8 Å². The average Bonchev–Trinajstić information content (AvgIpc) is 3.20. The van der Waals surface area contributed by atoms with E-state index in [-0.39, 0.29) is 6.42 Å². The minimum absolute atomic E-state index is 0.185. The van der Waals surface area contributed by atoms with Gasteiger partial charge in [0.2, 0.25) is 0 Å². The van der Waals surface area contributed by atoms with Crippen molar-refractivity contribution in [2.45, 2.75) is 19.3 Å². The second-order valence-electron chi connectivity index (χ2n) is 6.01. The van der Waals surface area contributed by atoms with Gasteiger partial charge in [-0.3, -0.25) is 9.28 Å². The summed E-state index contributed by atoms with van der Waals surface area (Å²) in [6.07, 6.45) is 1.49. The van der Waals surface area contributed by atoms with Crippen LogP contribution >= 0.6 is 11.6 Å². The Bertz CT molecular complexity index is 707. The lowest BCUT2D eigenvalue weighted by Crippen LogP contribution is -2.28. The molecule has 22 heavy (non-hydrogen) atoms. The minimum Gasteiger partial charge on any atom is -0.481 e. The van der Waals surface area contributed by atoms with Crippen LogP contribution < -0.4 is 4.48 Å². The van der Waals surface area contributed by atoms with E-state index in [4.69, 9.17) is 21.7 Å². The second kappa shape index (κ2) is 5.89. The first-order valence-corrected chi connectivity index (χ1v) is 8.19. The molecule has 5 nitrogen and oxygen atoms in total. The lowest BCUT2D eigenvalue weighted by atomic mass is 10.2. The van der Waals surface area contributed by atoms with E-state index in [1.54, 1.807) is 0 Å². The second-order valence-corrected chi connectivity index (χ2v) is 6.39. The summed E-state index contributed by atoms with van der Waals surface area (Å²) in [7, 11) is 1.99. The van der Waals surface area contributed by atoms with Gasteiger partial charge in [0.15, 0.2) is 0 Å². The van der Waals surface area contributed by atoms with Crippen molar-refractivity contribution in [3.63, 3.8) is 0 Å². The molecule has 2 heterocycles. The number of aromatic nitrogens is 2. The molecule has 0 atom stereocenters. The summed E-state index contributed by atoms with van der Waals surface area (Å²) in [5.74, 6) is 0.860. The van der Waals surface area contributed by atoms with Crippen molar-refractivity contribution >= 4 is 34.3 Å². The smallest absolute Gasteiger partial charge is 0.303 e. The predicted molar refractivity (Wildman–Crippen MR) is 88.4 cm³/mol. The van der Waals surface area contributed by atoms with Gasteiger partial charge >= 0.3 is 5.97 Å². The molecule has 0 radical (unpaired) electrons. The normalized spacial score (nSPS) is 16.1. The molecule has 3 rings (SSSR count). The third-order valence-electron chi connectivity index (χ3n) is 4.57. The maximum absolute atomic E-state index is 10.6. The molecular weight excluding hydrogens is 302 g/mol. The monoisotopic (exact) mass is 322 g/mol. The molecule has 1 aromatic carbocycles. The summed E-state index contributed by atoms with van der Waals surface area (Å²) >= 11 is 5.92. The van der Waals surface area contributed by atoms with Crippen LogP contribution in [0.4, 0.5) is 5.69 Å². The number of nitrogens with zero attached hydrogens (tertiary/aromatic N) is 3. The zero-order chi connectivity index (χ0) is 15.7. The maximum atomic E-state index is 10.6. The molecule has 1 saturated heterocycles. The summed E-state index contributed by atoms with van der Waals surface area (Å²) in [5.41, 5.74) is 3.37. The number of carboxylic acids is 1. The van der Waals surface area contributed by atoms with Gasteiger partial charge in [-0.15, -0.1) is 11.6 Å². The van der Waals surface area contributed by atoms with Gasteiger partial charge in [0.1, 0.15) is 24.6 Å². The third kappa shape index (κ3) is 2.83. The topological polar surface area (TPSA) is 55.1 Å². The molecule has 1 aliphatic heterocycles. The number of aryl methyl sites for hydroxylation is 2. The van der Waals surface area contributed by atoms with E-state index in [1.165, 1.54) is 5.69 Å². The van der Waals surface area contributed by atoms with E-state index in [1.807, 2.05) is 7.05 Å². The number of carbonyl (C=O) groups is 1. The van der Waals surface area contributed by atoms with E-state index in [9.17, 15) is 4.79 Å². The molecule has 0 saturated carbocycles. The number of aliphatic carboxylic acids is 1. The summed E-state index contributed by atoms with van der Waals surface area (Å²) in [6.45, 7) is 3.26. The van der Waals surface area contributed by atoms with Gasteiger partial charge in [0.25, 0.3) is 0 Å². The quantitative estimate of drug-likeness (QED) is 0.484. The Morgan fingerprint density at radius 2 is 2.23 bits per heavy atom. The number of alkyl halides is 1. The number of imidazole rings is 1. The van der Waals surface area contributed by atoms with Crippen molar-refractivity contribution in [2.24, 2.45) is 7.05 Å². The number of fused-ring (bicyclic) bond motifs is 1. The van der Waals surface area contributed by atoms with Crippen LogP contribution in [-0.4, -0.2) is 46.1 Å². The van der Waals surface area contributed by atoms with Crippen LogP contribution in [0.5, 0.6) is 0 Å². The molecule has 2 aromatic rings. The molecule has 1 aromatic heterocycles. The van der Waals surface area contributed by atoms with E-state index in [0.717, 1.165) is 41.0 Å². The van der Waals surface area contributed by atoms with Gasteiger partial charge in [-0.1, -0.05) is 0 Å². The van der Waals surface area contributed by atoms with Crippen molar-refractivity contribution < 1.29 is 9.90 Å². The van der Waals surface area contributed by atoms with Gasteiger partial charge in [-0.25, -0.2) is 4.98 Å².